The van der Waals surface area contributed by atoms with E-state index in [9.17, 15) is 45.4 Å². The van der Waals surface area contributed by atoms with E-state index in [1.807, 2.05) is 0 Å². The van der Waals surface area contributed by atoms with Crippen LogP contribution in [0.3, 0.4) is 0 Å². The van der Waals surface area contributed by atoms with Gasteiger partial charge in [-0.15, -0.1) is 0 Å². The van der Waals surface area contributed by atoms with Crippen molar-refractivity contribution in [2.75, 3.05) is 0 Å². The van der Waals surface area contributed by atoms with Crippen molar-refractivity contribution < 1.29 is 45.4 Å². The molecular formula is C31H20F7NO3. The van der Waals surface area contributed by atoms with Gasteiger partial charge < -0.3 is 5.11 Å². The number of aliphatic imine (C=N–C) groups is 1. The van der Waals surface area contributed by atoms with Crippen LogP contribution in [0.4, 0.5) is 30.7 Å². The second-order valence-electron chi connectivity index (χ2n) is 9.20. The van der Waals surface area contributed by atoms with Crippen molar-refractivity contribution in [1.29, 1.82) is 0 Å². The van der Waals surface area contributed by atoms with Crippen molar-refractivity contribution in [2.45, 2.75) is 24.8 Å². The molecule has 1 unspecified atom stereocenters. The molecule has 0 aliphatic rings. The maximum absolute atomic E-state index is 14.8. The monoisotopic (exact) mass is 587 g/mol. The van der Waals surface area contributed by atoms with Gasteiger partial charge in [0.2, 0.25) is 0 Å². The smallest absolute Gasteiger partial charge is 0.416 e. The van der Waals surface area contributed by atoms with E-state index in [0.29, 0.717) is 16.8 Å². The standard InChI is InChI=1S/C31H20F7NO3/c32-25-12-11-20(28(40)22-14-23(30(33,34)35)17-24(15-22)31(36,37)38)13-21(25)16-26(29(41)42)39-27(18-7-3-1-4-8-18)19-9-5-2-6-10-19/h1-15,17,26H,16H2,(H,41,42). The molecule has 0 saturated carbocycles. The highest BCUT2D eigenvalue weighted by Gasteiger charge is 2.37. The van der Waals surface area contributed by atoms with Crippen LogP contribution in [-0.4, -0.2) is 28.6 Å². The topological polar surface area (TPSA) is 66.7 Å². The van der Waals surface area contributed by atoms with E-state index in [2.05, 4.69) is 4.99 Å². The van der Waals surface area contributed by atoms with E-state index in [0.717, 1.165) is 18.2 Å². The molecule has 0 fully saturated rings. The highest BCUT2D eigenvalue weighted by atomic mass is 19.4. The summed E-state index contributed by atoms with van der Waals surface area (Å²) in [4.78, 5) is 29.6. The maximum Gasteiger partial charge on any atom is 0.416 e. The third-order valence-corrected chi connectivity index (χ3v) is 6.24. The SMILES string of the molecule is O=C(c1cc(C(F)(F)F)cc(C(F)(F)F)c1)c1ccc(F)c(CC(N=C(c2ccccc2)c2ccccc2)C(=O)O)c1. The van der Waals surface area contributed by atoms with E-state index in [1.54, 1.807) is 60.7 Å². The van der Waals surface area contributed by atoms with Crippen LogP contribution in [0, 0.1) is 5.82 Å². The first-order valence-corrected chi connectivity index (χ1v) is 12.3. The Morgan fingerprint density at radius 1 is 0.667 bits per heavy atom. The number of halogens is 7. The molecule has 216 valence electrons. The summed E-state index contributed by atoms with van der Waals surface area (Å²) in [5.74, 6) is -3.60. The molecule has 4 rings (SSSR count). The van der Waals surface area contributed by atoms with Gasteiger partial charge in [-0.2, -0.15) is 26.3 Å². The number of hydrogen-bond acceptors (Lipinski definition) is 3. The third-order valence-electron chi connectivity index (χ3n) is 6.24. The summed E-state index contributed by atoms with van der Waals surface area (Å²) in [6, 6.07) is 18.7. The van der Waals surface area contributed by atoms with Crippen molar-refractivity contribution in [2.24, 2.45) is 4.99 Å². The molecule has 0 radical (unpaired) electrons. The molecule has 42 heavy (non-hydrogen) atoms. The Bertz CT molecular complexity index is 1560. The number of carbonyl (C=O) groups is 2. The Balaban J connectivity index is 1.74. The number of carbonyl (C=O) groups excluding carboxylic acids is 1. The number of alkyl halides is 6. The number of rotatable bonds is 8. The lowest BCUT2D eigenvalue weighted by atomic mass is 9.95. The van der Waals surface area contributed by atoms with Gasteiger partial charge in [-0.05, 0) is 42.0 Å². The predicted octanol–water partition coefficient (Wildman–Crippen LogP) is 7.63. The van der Waals surface area contributed by atoms with Crippen LogP contribution < -0.4 is 0 Å². The van der Waals surface area contributed by atoms with E-state index in [1.165, 1.54) is 0 Å². The van der Waals surface area contributed by atoms with E-state index < -0.39 is 64.6 Å². The molecule has 1 N–H and O–H groups in total. The van der Waals surface area contributed by atoms with Gasteiger partial charge >= 0.3 is 18.3 Å². The van der Waals surface area contributed by atoms with Crippen molar-refractivity contribution in [1.82, 2.24) is 0 Å². The van der Waals surface area contributed by atoms with Gasteiger partial charge in [0.15, 0.2) is 11.8 Å². The molecule has 0 amide bonds. The van der Waals surface area contributed by atoms with E-state index in [-0.39, 0.29) is 23.8 Å². The summed E-state index contributed by atoms with van der Waals surface area (Å²) in [6.45, 7) is 0. The summed E-state index contributed by atoms with van der Waals surface area (Å²) in [7, 11) is 0. The summed E-state index contributed by atoms with van der Waals surface area (Å²) >= 11 is 0. The molecule has 0 saturated heterocycles. The number of carboxylic acids is 1. The summed E-state index contributed by atoms with van der Waals surface area (Å²) in [6.07, 6.45) is -10.9. The van der Waals surface area contributed by atoms with Gasteiger partial charge in [0.25, 0.3) is 0 Å². The fourth-order valence-electron chi connectivity index (χ4n) is 4.19. The van der Waals surface area contributed by atoms with Crippen LogP contribution >= 0.6 is 0 Å². The lowest BCUT2D eigenvalue weighted by molar-refractivity contribution is -0.143. The van der Waals surface area contributed by atoms with E-state index >= 15 is 0 Å². The number of aliphatic carboxylic acids is 1. The summed E-state index contributed by atoms with van der Waals surface area (Å²) < 4.78 is 94.6. The molecule has 0 heterocycles. The molecule has 0 spiro atoms. The number of nitrogens with zero attached hydrogens (tertiary/aromatic N) is 1. The van der Waals surface area contributed by atoms with Gasteiger partial charge in [0.1, 0.15) is 5.82 Å². The van der Waals surface area contributed by atoms with Crippen LogP contribution in [-0.2, 0) is 23.6 Å². The molecule has 0 bridgehead atoms. The average molecular weight is 587 g/mol. The number of benzene rings is 4. The zero-order chi connectivity index (χ0) is 30.7. The number of carboxylic acid groups (broad SMARTS) is 1. The molecule has 0 aliphatic carbocycles. The molecule has 11 heteroatoms. The van der Waals surface area contributed by atoms with Gasteiger partial charge in [0.05, 0.1) is 16.8 Å². The van der Waals surface area contributed by atoms with Crippen LogP contribution in [0.15, 0.2) is 102 Å². The van der Waals surface area contributed by atoms with Crippen LogP contribution in [0.25, 0.3) is 0 Å². The highest BCUT2D eigenvalue weighted by molar-refractivity contribution is 6.13. The molecule has 4 aromatic carbocycles. The lowest BCUT2D eigenvalue weighted by Crippen LogP contribution is -2.24. The Morgan fingerprint density at radius 2 is 1.17 bits per heavy atom. The van der Waals surface area contributed by atoms with Gasteiger partial charge in [-0.3, -0.25) is 9.79 Å². The zero-order valence-corrected chi connectivity index (χ0v) is 21.4. The second-order valence-corrected chi connectivity index (χ2v) is 9.20. The van der Waals surface area contributed by atoms with Crippen molar-refractivity contribution in [3.8, 4) is 0 Å². The first-order chi connectivity index (χ1) is 19.7. The first kappa shape index (κ1) is 30.2. The normalized spacial score (nSPS) is 12.5. The maximum atomic E-state index is 14.8. The minimum absolute atomic E-state index is 0.112. The number of hydrogen-bond donors (Lipinski definition) is 1. The molecule has 1 atom stereocenters. The number of ketones is 1. The minimum atomic E-state index is -5.17. The zero-order valence-electron chi connectivity index (χ0n) is 21.4. The largest absolute Gasteiger partial charge is 0.480 e. The van der Waals surface area contributed by atoms with Crippen LogP contribution in [0.5, 0.6) is 0 Å². The quantitative estimate of drug-likeness (QED) is 0.131. The molecule has 4 nitrogen and oxygen atoms in total. The molecule has 0 aromatic heterocycles. The second kappa shape index (κ2) is 12.0. The highest BCUT2D eigenvalue weighted by Crippen LogP contribution is 2.37. The van der Waals surface area contributed by atoms with Gasteiger partial charge in [0, 0.05) is 28.7 Å². The van der Waals surface area contributed by atoms with Crippen molar-refractivity contribution in [3.05, 3.63) is 142 Å². The summed E-state index contributed by atoms with van der Waals surface area (Å²) in [5, 5.41) is 9.93. The van der Waals surface area contributed by atoms with Crippen molar-refractivity contribution in [3.63, 3.8) is 0 Å². The fraction of sp³-hybridized carbons (Fsp3) is 0.129. The molecule has 4 aromatic rings. The Labute approximate surface area is 234 Å². The first-order valence-electron chi connectivity index (χ1n) is 12.3. The van der Waals surface area contributed by atoms with Crippen LogP contribution in [0.2, 0.25) is 0 Å². The fourth-order valence-corrected chi connectivity index (χ4v) is 4.19. The van der Waals surface area contributed by atoms with Gasteiger partial charge in [-0.1, -0.05) is 60.7 Å². The van der Waals surface area contributed by atoms with Crippen LogP contribution in [0.1, 0.15) is 43.7 Å². The summed E-state index contributed by atoms with van der Waals surface area (Å²) in [5.41, 5.74) is -3.60. The van der Waals surface area contributed by atoms with Crippen molar-refractivity contribution >= 4 is 17.5 Å². The van der Waals surface area contributed by atoms with E-state index in [4.69, 9.17) is 0 Å². The third kappa shape index (κ3) is 7.09. The molecule has 0 aliphatic heterocycles. The Kier molecular flexibility index (Phi) is 8.60. The Hall–Kier alpha value is -4.80. The molecular weight excluding hydrogens is 567 g/mol. The Morgan fingerprint density at radius 3 is 1.62 bits per heavy atom. The minimum Gasteiger partial charge on any atom is -0.480 e. The average Bonchev–Trinajstić information content (AvgIpc) is 2.95. The van der Waals surface area contributed by atoms with Gasteiger partial charge in [-0.25, -0.2) is 9.18 Å². The lowest BCUT2D eigenvalue weighted by Gasteiger charge is -2.15. The predicted molar refractivity (Wildman–Crippen MR) is 140 cm³/mol.